The van der Waals surface area contributed by atoms with Crippen LogP contribution >= 0.6 is 11.8 Å². The third kappa shape index (κ3) is 4.30. The van der Waals surface area contributed by atoms with E-state index in [9.17, 15) is 4.79 Å². The second kappa shape index (κ2) is 6.55. The monoisotopic (exact) mass is 253 g/mol. The Kier molecular flexibility index (Phi) is 5.35. The first-order chi connectivity index (χ1) is 8.04. The molecule has 0 heterocycles. The summed E-state index contributed by atoms with van der Waals surface area (Å²) < 4.78 is 0. The fourth-order valence-electron chi connectivity index (χ4n) is 1.59. The van der Waals surface area contributed by atoms with Crippen molar-refractivity contribution < 1.29 is 9.90 Å². The molecule has 0 bridgehead atoms. The van der Waals surface area contributed by atoms with Crippen LogP contribution in [-0.4, -0.2) is 29.1 Å². The highest BCUT2D eigenvalue weighted by Gasteiger charge is 2.07. The van der Waals surface area contributed by atoms with E-state index in [-0.39, 0.29) is 0 Å². The van der Waals surface area contributed by atoms with Gasteiger partial charge in [0.1, 0.15) is 0 Å². The fraction of sp³-hybridized carbons (Fsp3) is 0.462. The van der Waals surface area contributed by atoms with Gasteiger partial charge in [-0.05, 0) is 56.0 Å². The minimum absolute atomic E-state index is 0.338. The molecule has 0 radical (unpaired) electrons. The lowest BCUT2D eigenvalue weighted by Gasteiger charge is -2.16. The number of aryl methyl sites for hydroxylation is 1. The molecule has 94 valence electrons. The molecule has 4 heteroatoms. The van der Waals surface area contributed by atoms with Crippen LogP contribution in [0.4, 0.5) is 5.69 Å². The molecule has 0 aliphatic rings. The zero-order chi connectivity index (χ0) is 12.8. The van der Waals surface area contributed by atoms with Crippen molar-refractivity contribution in [3.8, 4) is 0 Å². The van der Waals surface area contributed by atoms with E-state index in [0.717, 1.165) is 23.4 Å². The Balaban J connectivity index is 2.69. The van der Waals surface area contributed by atoms with Crippen LogP contribution in [0.2, 0.25) is 0 Å². The number of benzene rings is 1. The van der Waals surface area contributed by atoms with E-state index in [4.69, 9.17) is 5.11 Å². The molecular formula is C13H19NO2S. The van der Waals surface area contributed by atoms with Crippen molar-refractivity contribution in [2.24, 2.45) is 0 Å². The van der Waals surface area contributed by atoms with Crippen LogP contribution in [0.1, 0.15) is 29.3 Å². The highest BCUT2D eigenvalue weighted by Crippen LogP contribution is 2.18. The molecule has 1 unspecified atom stereocenters. The molecule has 0 amide bonds. The number of carboxylic acids is 1. The average Bonchev–Trinajstić information content (AvgIpc) is 2.28. The molecule has 1 atom stereocenters. The Labute approximate surface area is 107 Å². The van der Waals surface area contributed by atoms with E-state index in [1.165, 1.54) is 0 Å². The van der Waals surface area contributed by atoms with Gasteiger partial charge in [-0.1, -0.05) is 0 Å². The largest absolute Gasteiger partial charge is 0.478 e. The summed E-state index contributed by atoms with van der Waals surface area (Å²) in [5, 5.41) is 12.3. The molecule has 0 saturated heterocycles. The maximum absolute atomic E-state index is 10.8. The van der Waals surface area contributed by atoms with Gasteiger partial charge in [0.05, 0.1) is 5.56 Å². The summed E-state index contributed by atoms with van der Waals surface area (Å²) in [6, 6.07) is 5.58. The van der Waals surface area contributed by atoms with Crippen LogP contribution in [0.15, 0.2) is 18.2 Å². The zero-order valence-electron chi connectivity index (χ0n) is 10.5. The van der Waals surface area contributed by atoms with Gasteiger partial charge in [0.25, 0.3) is 0 Å². The molecule has 0 aliphatic heterocycles. The first-order valence-corrected chi connectivity index (χ1v) is 7.03. The molecule has 0 spiro atoms. The highest BCUT2D eigenvalue weighted by molar-refractivity contribution is 7.98. The van der Waals surface area contributed by atoms with Crippen LogP contribution < -0.4 is 5.32 Å². The van der Waals surface area contributed by atoms with Crippen molar-refractivity contribution in [3.05, 3.63) is 29.3 Å². The van der Waals surface area contributed by atoms with Gasteiger partial charge < -0.3 is 10.4 Å². The number of aromatic carboxylic acids is 1. The van der Waals surface area contributed by atoms with Crippen LogP contribution in [0.25, 0.3) is 0 Å². The number of nitrogens with one attached hydrogen (secondary N) is 1. The van der Waals surface area contributed by atoms with E-state index in [0.29, 0.717) is 11.6 Å². The highest BCUT2D eigenvalue weighted by atomic mass is 32.2. The number of thioether (sulfide) groups is 1. The molecule has 3 nitrogen and oxygen atoms in total. The van der Waals surface area contributed by atoms with E-state index < -0.39 is 5.97 Å². The molecule has 17 heavy (non-hydrogen) atoms. The lowest BCUT2D eigenvalue weighted by atomic mass is 10.1. The first kappa shape index (κ1) is 13.9. The van der Waals surface area contributed by atoms with Gasteiger partial charge in [0.15, 0.2) is 0 Å². The van der Waals surface area contributed by atoms with Gasteiger partial charge in [-0.25, -0.2) is 4.79 Å². The Morgan fingerprint density at radius 2 is 2.24 bits per heavy atom. The topological polar surface area (TPSA) is 49.3 Å². The fourth-order valence-corrected chi connectivity index (χ4v) is 2.18. The number of rotatable bonds is 6. The third-order valence-corrected chi connectivity index (χ3v) is 3.27. The second-order valence-corrected chi connectivity index (χ2v) is 5.15. The minimum atomic E-state index is -0.880. The molecule has 1 aromatic carbocycles. The van der Waals surface area contributed by atoms with Crippen molar-refractivity contribution in [2.75, 3.05) is 17.3 Å². The summed E-state index contributed by atoms with van der Waals surface area (Å²) in [5.74, 6) is 0.246. The molecule has 2 N–H and O–H groups in total. The third-order valence-electron chi connectivity index (χ3n) is 2.63. The van der Waals surface area contributed by atoms with Gasteiger partial charge in [-0.2, -0.15) is 11.8 Å². The Morgan fingerprint density at radius 3 is 2.76 bits per heavy atom. The van der Waals surface area contributed by atoms with Gasteiger partial charge in [0.2, 0.25) is 0 Å². The van der Waals surface area contributed by atoms with Crippen molar-refractivity contribution in [3.63, 3.8) is 0 Å². The summed E-state index contributed by atoms with van der Waals surface area (Å²) in [4.78, 5) is 10.8. The second-order valence-electron chi connectivity index (χ2n) is 4.16. The maximum Gasteiger partial charge on any atom is 0.335 e. The molecule has 0 saturated carbocycles. The van der Waals surface area contributed by atoms with Crippen LogP contribution in [0, 0.1) is 6.92 Å². The van der Waals surface area contributed by atoms with E-state index in [2.05, 4.69) is 18.5 Å². The molecule has 0 aromatic heterocycles. The van der Waals surface area contributed by atoms with Crippen LogP contribution in [0.3, 0.4) is 0 Å². The average molecular weight is 253 g/mol. The summed E-state index contributed by atoms with van der Waals surface area (Å²) in [5.41, 5.74) is 2.33. The predicted octanol–water partition coefficient (Wildman–Crippen LogP) is 3.25. The maximum atomic E-state index is 10.8. The summed E-state index contributed by atoms with van der Waals surface area (Å²) >= 11 is 1.83. The summed E-state index contributed by atoms with van der Waals surface area (Å²) in [6.45, 7) is 4.07. The summed E-state index contributed by atoms with van der Waals surface area (Å²) in [7, 11) is 0. The van der Waals surface area contributed by atoms with Crippen molar-refractivity contribution in [1.82, 2.24) is 0 Å². The van der Waals surface area contributed by atoms with E-state index in [1.54, 1.807) is 12.1 Å². The normalized spacial score (nSPS) is 12.2. The summed E-state index contributed by atoms with van der Waals surface area (Å²) in [6.07, 6.45) is 3.20. The Hall–Kier alpha value is -1.16. The number of hydrogen-bond acceptors (Lipinski definition) is 3. The van der Waals surface area contributed by atoms with E-state index in [1.807, 2.05) is 24.8 Å². The van der Waals surface area contributed by atoms with Crippen LogP contribution in [-0.2, 0) is 0 Å². The minimum Gasteiger partial charge on any atom is -0.478 e. The van der Waals surface area contributed by atoms with Crippen molar-refractivity contribution in [1.29, 1.82) is 0 Å². The molecule has 0 fully saturated rings. The zero-order valence-corrected chi connectivity index (χ0v) is 11.3. The van der Waals surface area contributed by atoms with Gasteiger partial charge in [-0.3, -0.25) is 0 Å². The lowest BCUT2D eigenvalue weighted by Crippen LogP contribution is -2.16. The van der Waals surface area contributed by atoms with Crippen molar-refractivity contribution in [2.45, 2.75) is 26.3 Å². The molecule has 0 aliphatic carbocycles. The van der Waals surface area contributed by atoms with Crippen molar-refractivity contribution >= 4 is 23.4 Å². The Morgan fingerprint density at radius 1 is 1.53 bits per heavy atom. The molecule has 1 aromatic rings. The van der Waals surface area contributed by atoms with Crippen LogP contribution in [0.5, 0.6) is 0 Å². The lowest BCUT2D eigenvalue weighted by molar-refractivity contribution is 0.0697. The molecular weight excluding hydrogens is 234 g/mol. The van der Waals surface area contributed by atoms with Gasteiger partial charge in [0, 0.05) is 11.7 Å². The number of carboxylic acid groups (broad SMARTS) is 1. The first-order valence-electron chi connectivity index (χ1n) is 5.64. The quantitative estimate of drug-likeness (QED) is 0.817. The standard InChI is InChI=1S/C13H19NO2S/c1-9-8-11(13(15)16)4-5-12(9)14-10(2)6-7-17-3/h4-5,8,10,14H,6-7H2,1-3H3,(H,15,16). The SMILES string of the molecule is CSCCC(C)Nc1ccc(C(=O)O)cc1C. The number of carbonyl (C=O) groups is 1. The van der Waals surface area contributed by atoms with Gasteiger partial charge in [-0.15, -0.1) is 0 Å². The number of hydrogen-bond donors (Lipinski definition) is 2. The van der Waals surface area contributed by atoms with Gasteiger partial charge >= 0.3 is 5.97 Å². The Bertz CT molecular complexity index is 393. The number of anilines is 1. The van der Waals surface area contributed by atoms with E-state index >= 15 is 0 Å². The smallest absolute Gasteiger partial charge is 0.335 e. The predicted molar refractivity (Wildman–Crippen MR) is 74.2 cm³/mol. The molecule has 1 rings (SSSR count).